The third-order valence-electron chi connectivity index (χ3n) is 3.47. The number of anilines is 1. The summed E-state index contributed by atoms with van der Waals surface area (Å²) in [5.41, 5.74) is 8.74. The lowest BCUT2D eigenvalue weighted by molar-refractivity contribution is 0.490. The molecule has 15 heavy (non-hydrogen) atoms. The Hall–Kier alpha value is -0.570. The second-order valence-electron chi connectivity index (χ2n) is 4.79. The van der Waals surface area contributed by atoms with Crippen molar-refractivity contribution >= 4 is 21.7 Å². The van der Waals surface area contributed by atoms with E-state index in [-0.39, 0.29) is 5.41 Å². The standard InChI is InChI=1S/C12H17BrN2/c1-8-4-6-15-11(14)10(8)12(2)5-3-9(13)7-12/h4,6,9H,3,5,7H2,1-2H3,(H2,14,15). The van der Waals surface area contributed by atoms with Crippen LogP contribution in [0, 0.1) is 6.92 Å². The third kappa shape index (κ3) is 1.89. The van der Waals surface area contributed by atoms with Gasteiger partial charge < -0.3 is 5.73 Å². The maximum absolute atomic E-state index is 6.01. The fraction of sp³-hybridized carbons (Fsp3) is 0.583. The van der Waals surface area contributed by atoms with Crippen LogP contribution in [0.25, 0.3) is 0 Å². The molecule has 3 heteroatoms. The van der Waals surface area contributed by atoms with E-state index in [2.05, 4.69) is 40.8 Å². The van der Waals surface area contributed by atoms with E-state index in [4.69, 9.17) is 5.73 Å². The zero-order valence-corrected chi connectivity index (χ0v) is 10.8. The van der Waals surface area contributed by atoms with Crippen LogP contribution in [0.3, 0.4) is 0 Å². The van der Waals surface area contributed by atoms with E-state index in [0.29, 0.717) is 10.6 Å². The van der Waals surface area contributed by atoms with Crippen molar-refractivity contribution in [1.82, 2.24) is 4.98 Å². The van der Waals surface area contributed by atoms with Gasteiger partial charge in [-0.25, -0.2) is 4.98 Å². The minimum atomic E-state index is 0.205. The summed E-state index contributed by atoms with van der Waals surface area (Å²) in [6.45, 7) is 4.43. The quantitative estimate of drug-likeness (QED) is 0.795. The van der Waals surface area contributed by atoms with Crippen molar-refractivity contribution in [2.45, 2.75) is 43.4 Å². The highest BCUT2D eigenvalue weighted by atomic mass is 79.9. The van der Waals surface area contributed by atoms with Gasteiger partial charge in [-0.3, -0.25) is 0 Å². The lowest BCUT2D eigenvalue weighted by atomic mass is 9.79. The largest absolute Gasteiger partial charge is 0.383 e. The van der Waals surface area contributed by atoms with Gasteiger partial charge in [0.05, 0.1) is 0 Å². The number of nitrogens with zero attached hydrogens (tertiary/aromatic N) is 1. The van der Waals surface area contributed by atoms with E-state index in [1.807, 2.05) is 0 Å². The number of hydrogen-bond donors (Lipinski definition) is 1. The number of nitrogens with two attached hydrogens (primary N) is 1. The van der Waals surface area contributed by atoms with Crippen molar-refractivity contribution in [2.24, 2.45) is 0 Å². The number of alkyl halides is 1. The highest BCUT2D eigenvalue weighted by Crippen LogP contribution is 2.46. The molecule has 0 saturated heterocycles. The molecule has 1 saturated carbocycles. The first kappa shape index (κ1) is 10.9. The minimum Gasteiger partial charge on any atom is -0.383 e. The fourth-order valence-corrected chi connectivity index (χ4v) is 3.70. The Bertz CT molecular complexity index is 358. The number of pyridine rings is 1. The van der Waals surface area contributed by atoms with Crippen molar-refractivity contribution in [3.63, 3.8) is 0 Å². The molecular formula is C12H17BrN2. The van der Waals surface area contributed by atoms with Crippen molar-refractivity contribution in [3.05, 3.63) is 23.4 Å². The predicted octanol–water partition coefficient (Wildman–Crippen LogP) is 3.18. The van der Waals surface area contributed by atoms with E-state index in [1.165, 1.54) is 24.0 Å². The average molecular weight is 269 g/mol. The molecule has 2 rings (SSSR count). The Kier molecular flexibility index (Phi) is 2.75. The summed E-state index contributed by atoms with van der Waals surface area (Å²) in [4.78, 5) is 4.84. The number of nitrogen functional groups attached to an aromatic ring is 1. The normalized spacial score (nSPS) is 30.7. The van der Waals surface area contributed by atoms with Gasteiger partial charge in [0, 0.05) is 16.6 Å². The van der Waals surface area contributed by atoms with Gasteiger partial charge in [0.1, 0.15) is 5.82 Å². The monoisotopic (exact) mass is 268 g/mol. The van der Waals surface area contributed by atoms with Gasteiger partial charge in [0.15, 0.2) is 0 Å². The number of rotatable bonds is 1. The zero-order chi connectivity index (χ0) is 11.1. The van der Waals surface area contributed by atoms with Crippen LogP contribution in [0.4, 0.5) is 5.82 Å². The average Bonchev–Trinajstić information content (AvgIpc) is 2.46. The molecule has 0 spiro atoms. The van der Waals surface area contributed by atoms with Gasteiger partial charge in [0.25, 0.3) is 0 Å². The third-order valence-corrected chi connectivity index (χ3v) is 4.26. The minimum absolute atomic E-state index is 0.205. The van der Waals surface area contributed by atoms with Crippen molar-refractivity contribution < 1.29 is 0 Å². The Morgan fingerprint density at radius 3 is 2.87 bits per heavy atom. The van der Waals surface area contributed by atoms with Gasteiger partial charge in [-0.2, -0.15) is 0 Å². The molecule has 1 aliphatic carbocycles. The molecule has 0 amide bonds. The first-order valence-corrected chi connectivity index (χ1v) is 6.30. The molecule has 1 aromatic heterocycles. The number of aromatic nitrogens is 1. The lowest BCUT2D eigenvalue weighted by Gasteiger charge is -2.27. The molecule has 0 radical (unpaired) electrons. The SMILES string of the molecule is Cc1ccnc(N)c1C1(C)CCC(Br)C1. The Morgan fingerprint density at radius 1 is 1.60 bits per heavy atom. The molecule has 2 atom stereocenters. The van der Waals surface area contributed by atoms with Crippen molar-refractivity contribution in [1.29, 1.82) is 0 Å². The van der Waals surface area contributed by atoms with E-state index >= 15 is 0 Å². The van der Waals surface area contributed by atoms with Crippen molar-refractivity contribution in [3.8, 4) is 0 Å². The molecule has 82 valence electrons. The molecule has 1 aliphatic rings. The van der Waals surface area contributed by atoms with Gasteiger partial charge in [-0.05, 0) is 43.2 Å². The summed E-state index contributed by atoms with van der Waals surface area (Å²) in [7, 11) is 0. The van der Waals surface area contributed by atoms with Crippen LogP contribution in [-0.2, 0) is 5.41 Å². The van der Waals surface area contributed by atoms with Gasteiger partial charge in [-0.1, -0.05) is 22.9 Å². The van der Waals surface area contributed by atoms with E-state index in [1.54, 1.807) is 6.20 Å². The fourth-order valence-electron chi connectivity index (χ4n) is 2.76. The first-order valence-electron chi connectivity index (χ1n) is 5.38. The zero-order valence-electron chi connectivity index (χ0n) is 9.26. The van der Waals surface area contributed by atoms with E-state index < -0.39 is 0 Å². The van der Waals surface area contributed by atoms with Gasteiger partial charge >= 0.3 is 0 Å². The lowest BCUT2D eigenvalue weighted by Crippen LogP contribution is -2.22. The molecule has 1 fully saturated rings. The number of aryl methyl sites for hydroxylation is 1. The molecule has 0 aliphatic heterocycles. The number of hydrogen-bond acceptors (Lipinski definition) is 2. The summed E-state index contributed by atoms with van der Waals surface area (Å²) in [5.74, 6) is 0.708. The van der Waals surface area contributed by atoms with Crippen LogP contribution in [0.15, 0.2) is 12.3 Å². The first-order chi connectivity index (χ1) is 7.03. The summed E-state index contributed by atoms with van der Waals surface area (Å²) in [6.07, 6.45) is 5.37. The van der Waals surface area contributed by atoms with E-state index in [0.717, 1.165) is 6.42 Å². The molecule has 1 heterocycles. The summed E-state index contributed by atoms with van der Waals surface area (Å²) < 4.78 is 0. The van der Waals surface area contributed by atoms with Crippen LogP contribution in [0.5, 0.6) is 0 Å². The summed E-state index contributed by atoms with van der Waals surface area (Å²) in [6, 6.07) is 2.05. The molecule has 2 unspecified atom stereocenters. The predicted molar refractivity (Wildman–Crippen MR) is 67.3 cm³/mol. The second kappa shape index (κ2) is 3.78. The topological polar surface area (TPSA) is 38.9 Å². The Labute approximate surface area is 99.4 Å². The molecule has 0 aromatic carbocycles. The van der Waals surface area contributed by atoms with Crippen LogP contribution in [-0.4, -0.2) is 9.81 Å². The van der Waals surface area contributed by atoms with E-state index in [9.17, 15) is 0 Å². The molecule has 0 bridgehead atoms. The second-order valence-corrected chi connectivity index (χ2v) is 6.08. The summed E-state index contributed by atoms with van der Waals surface area (Å²) >= 11 is 3.70. The van der Waals surface area contributed by atoms with Crippen LogP contribution < -0.4 is 5.73 Å². The Balaban J connectivity index is 2.45. The summed E-state index contributed by atoms with van der Waals surface area (Å²) in [5, 5.41) is 0. The van der Waals surface area contributed by atoms with Gasteiger partial charge in [0.2, 0.25) is 0 Å². The van der Waals surface area contributed by atoms with Crippen molar-refractivity contribution in [2.75, 3.05) is 5.73 Å². The highest BCUT2D eigenvalue weighted by Gasteiger charge is 2.37. The smallest absolute Gasteiger partial charge is 0.127 e. The van der Waals surface area contributed by atoms with Crippen LogP contribution in [0.2, 0.25) is 0 Å². The van der Waals surface area contributed by atoms with Crippen LogP contribution >= 0.6 is 15.9 Å². The molecule has 2 nitrogen and oxygen atoms in total. The highest BCUT2D eigenvalue weighted by molar-refractivity contribution is 9.09. The molecule has 1 aromatic rings. The van der Waals surface area contributed by atoms with Gasteiger partial charge in [-0.15, -0.1) is 0 Å². The molecule has 2 N–H and O–H groups in total. The maximum atomic E-state index is 6.01. The van der Waals surface area contributed by atoms with Crippen LogP contribution in [0.1, 0.15) is 37.3 Å². The maximum Gasteiger partial charge on any atom is 0.127 e. The number of halogens is 1. The molecular weight excluding hydrogens is 252 g/mol. The Morgan fingerprint density at radius 2 is 2.33 bits per heavy atom.